The minimum absolute atomic E-state index is 0.0474. The monoisotopic (exact) mass is 322 g/mol. The summed E-state index contributed by atoms with van der Waals surface area (Å²) in [6, 6.07) is 6.50. The van der Waals surface area contributed by atoms with Gasteiger partial charge in [-0.15, -0.1) is 0 Å². The van der Waals surface area contributed by atoms with E-state index >= 15 is 0 Å². The van der Waals surface area contributed by atoms with Gasteiger partial charge >= 0.3 is 5.97 Å². The molecule has 0 unspecified atom stereocenters. The van der Waals surface area contributed by atoms with E-state index in [1.807, 2.05) is 0 Å². The molecule has 6 heteroatoms. The van der Waals surface area contributed by atoms with E-state index in [1.54, 1.807) is 19.2 Å². The Morgan fingerprint density at radius 3 is 2.39 bits per heavy atom. The van der Waals surface area contributed by atoms with Gasteiger partial charge in [0.2, 0.25) is 5.91 Å². The molecule has 1 aliphatic carbocycles. The van der Waals surface area contributed by atoms with Crippen LogP contribution in [0.5, 0.6) is 0 Å². The maximum absolute atomic E-state index is 13.1. The molecule has 1 aliphatic rings. The number of nitrogens with one attached hydrogen (secondary N) is 1. The minimum Gasteiger partial charge on any atom is -0.480 e. The van der Waals surface area contributed by atoms with Crippen LogP contribution in [0.3, 0.4) is 0 Å². The Kier molecular flexibility index (Phi) is 5.71. The van der Waals surface area contributed by atoms with E-state index in [-0.39, 0.29) is 30.2 Å². The van der Waals surface area contributed by atoms with Crippen molar-refractivity contribution in [2.75, 3.05) is 26.7 Å². The van der Waals surface area contributed by atoms with E-state index in [1.165, 1.54) is 17.0 Å². The van der Waals surface area contributed by atoms with Crippen LogP contribution in [0.4, 0.5) is 4.39 Å². The first-order chi connectivity index (χ1) is 10.9. The van der Waals surface area contributed by atoms with Crippen molar-refractivity contribution in [1.29, 1.82) is 0 Å². The summed E-state index contributed by atoms with van der Waals surface area (Å²) in [5.74, 6) is -1.41. The molecule has 0 bridgehead atoms. The Morgan fingerprint density at radius 1 is 1.22 bits per heavy atom. The lowest BCUT2D eigenvalue weighted by atomic mass is 9.79. The van der Waals surface area contributed by atoms with Crippen molar-refractivity contribution < 1.29 is 19.1 Å². The molecule has 5 nitrogen and oxygen atoms in total. The molecule has 1 saturated carbocycles. The van der Waals surface area contributed by atoms with Gasteiger partial charge in [-0.05, 0) is 37.6 Å². The molecule has 2 rings (SSSR count). The number of aliphatic carboxylic acids is 1. The van der Waals surface area contributed by atoms with Gasteiger partial charge in [-0.2, -0.15) is 0 Å². The van der Waals surface area contributed by atoms with E-state index in [9.17, 15) is 14.0 Å². The molecule has 0 aromatic heterocycles. The van der Waals surface area contributed by atoms with Gasteiger partial charge in [0.15, 0.2) is 0 Å². The molecule has 0 heterocycles. The van der Waals surface area contributed by atoms with E-state index < -0.39 is 5.97 Å². The highest BCUT2D eigenvalue weighted by Gasteiger charge is 2.35. The highest BCUT2D eigenvalue weighted by Crippen LogP contribution is 2.40. The number of hydrogen-bond donors (Lipinski definition) is 2. The first-order valence-corrected chi connectivity index (χ1v) is 7.84. The highest BCUT2D eigenvalue weighted by atomic mass is 19.1. The van der Waals surface area contributed by atoms with Crippen LogP contribution in [0.1, 0.15) is 31.2 Å². The number of hydrogen-bond acceptors (Lipinski definition) is 3. The molecule has 23 heavy (non-hydrogen) atoms. The molecule has 1 fully saturated rings. The average molecular weight is 322 g/mol. The quantitative estimate of drug-likeness (QED) is 0.803. The predicted octanol–water partition coefficient (Wildman–Crippen LogP) is 1.77. The number of halogens is 1. The van der Waals surface area contributed by atoms with Gasteiger partial charge in [-0.1, -0.05) is 25.0 Å². The lowest BCUT2D eigenvalue weighted by molar-refractivity contribution is -0.138. The molecule has 1 amide bonds. The van der Waals surface area contributed by atoms with Crippen LogP contribution >= 0.6 is 0 Å². The number of benzene rings is 1. The fourth-order valence-electron chi connectivity index (χ4n) is 3.28. The van der Waals surface area contributed by atoms with Crippen molar-refractivity contribution in [3.05, 3.63) is 35.6 Å². The summed E-state index contributed by atoms with van der Waals surface area (Å²) in [4.78, 5) is 24.1. The molecule has 0 spiro atoms. The van der Waals surface area contributed by atoms with Gasteiger partial charge in [0.1, 0.15) is 5.82 Å². The van der Waals surface area contributed by atoms with Crippen LogP contribution in [0.2, 0.25) is 0 Å². The zero-order valence-corrected chi connectivity index (χ0v) is 13.3. The average Bonchev–Trinajstić information content (AvgIpc) is 2.95. The van der Waals surface area contributed by atoms with Gasteiger partial charge in [0.25, 0.3) is 0 Å². The van der Waals surface area contributed by atoms with Gasteiger partial charge in [-0.3, -0.25) is 14.5 Å². The molecule has 126 valence electrons. The summed E-state index contributed by atoms with van der Waals surface area (Å²) in [6.45, 7) is 0.376. The van der Waals surface area contributed by atoms with Crippen molar-refractivity contribution in [1.82, 2.24) is 10.2 Å². The second kappa shape index (κ2) is 7.55. The molecule has 0 saturated heterocycles. The number of carbonyl (C=O) groups is 2. The van der Waals surface area contributed by atoms with Gasteiger partial charge in [-0.25, -0.2) is 4.39 Å². The molecule has 1 aromatic carbocycles. The molecular formula is C17H23FN2O3. The predicted molar refractivity (Wildman–Crippen MR) is 84.7 cm³/mol. The van der Waals surface area contributed by atoms with Crippen molar-refractivity contribution in [3.63, 3.8) is 0 Å². The van der Waals surface area contributed by atoms with Crippen LogP contribution in [0.25, 0.3) is 0 Å². The number of carboxylic acid groups (broad SMARTS) is 1. The third-order valence-electron chi connectivity index (χ3n) is 4.46. The third kappa shape index (κ3) is 4.76. The number of amides is 1. The molecule has 0 radical (unpaired) electrons. The summed E-state index contributed by atoms with van der Waals surface area (Å²) in [6.07, 6.45) is 4.10. The van der Waals surface area contributed by atoms with Crippen LogP contribution in [-0.2, 0) is 15.0 Å². The number of rotatable bonds is 7. The maximum Gasteiger partial charge on any atom is 0.317 e. The van der Waals surface area contributed by atoms with Gasteiger partial charge < -0.3 is 10.4 Å². The number of carboxylic acids is 1. The summed E-state index contributed by atoms with van der Waals surface area (Å²) < 4.78 is 13.1. The summed E-state index contributed by atoms with van der Waals surface area (Å²) in [7, 11) is 1.60. The van der Waals surface area contributed by atoms with Crippen molar-refractivity contribution in [2.24, 2.45) is 0 Å². The van der Waals surface area contributed by atoms with E-state index in [0.29, 0.717) is 6.54 Å². The first kappa shape index (κ1) is 17.4. The Labute approximate surface area is 135 Å². The van der Waals surface area contributed by atoms with Crippen LogP contribution in [0.15, 0.2) is 24.3 Å². The summed E-state index contributed by atoms with van der Waals surface area (Å²) in [5, 5.41) is 11.6. The van der Waals surface area contributed by atoms with E-state index in [0.717, 1.165) is 31.2 Å². The Balaban J connectivity index is 1.96. The van der Waals surface area contributed by atoms with Crippen LogP contribution in [-0.4, -0.2) is 48.6 Å². The van der Waals surface area contributed by atoms with Crippen LogP contribution in [0, 0.1) is 5.82 Å². The van der Waals surface area contributed by atoms with Crippen molar-refractivity contribution in [3.8, 4) is 0 Å². The zero-order valence-electron chi connectivity index (χ0n) is 13.3. The highest BCUT2D eigenvalue weighted by molar-refractivity contribution is 5.79. The van der Waals surface area contributed by atoms with Gasteiger partial charge in [0, 0.05) is 12.0 Å². The van der Waals surface area contributed by atoms with Crippen molar-refractivity contribution >= 4 is 11.9 Å². The fraction of sp³-hybridized carbons (Fsp3) is 0.529. The molecule has 0 aliphatic heterocycles. The molecule has 1 aromatic rings. The van der Waals surface area contributed by atoms with Crippen LogP contribution < -0.4 is 5.32 Å². The Bertz CT molecular complexity index is 553. The zero-order chi connectivity index (χ0) is 16.9. The Morgan fingerprint density at radius 2 is 1.83 bits per heavy atom. The number of nitrogens with zero attached hydrogens (tertiary/aromatic N) is 1. The number of likely N-dealkylation sites (N-methyl/N-ethyl adjacent to an activating group) is 1. The SMILES string of the molecule is CN(CC(=O)O)CC(=O)NCC1(c2ccc(F)cc2)CCCC1. The second-order valence-electron chi connectivity index (χ2n) is 6.34. The van der Waals surface area contributed by atoms with Crippen molar-refractivity contribution in [2.45, 2.75) is 31.1 Å². The fourth-order valence-corrected chi connectivity index (χ4v) is 3.28. The Hall–Kier alpha value is -1.95. The van der Waals surface area contributed by atoms with Gasteiger partial charge in [0.05, 0.1) is 13.1 Å². The summed E-state index contributed by atoms with van der Waals surface area (Å²) in [5.41, 5.74) is 0.907. The lowest BCUT2D eigenvalue weighted by Gasteiger charge is -2.30. The standard InChI is InChI=1S/C17H23FN2O3/c1-20(11-16(22)23)10-15(21)19-12-17(8-2-3-9-17)13-4-6-14(18)7-5-13/h4-7H,2-3,8-12H2,1H3,(H,19,21)(H,22,23). The topological polar surface area (TPSA) is 69.6 Å². The largest absolute Gasteiger partial charge is 0.480 e. The maximum atomic E-state index is 13.1. The minimum atomic E-state index is -0.959. The molecule has 0 atom stereocenters. The molecule has 2 N–H and O–H groups in total. The summed E-state index contributed by atoms with van der Waals surface area (Å²) >= 11 is 0. The molecular weight excluding hydrogens is 299 g/mol. The third-order valence-corrected chi connectivity index (χ3v) is 4.46. The number of carbonyl (C=O) groups excluding carboxylic acids is 1. The van der Waals surface area contributed by atoms with E-state index in [2.05, 4.69) is 5.32 Å². The van der Waals surface area contributed by atoms with E-state index in [4.69, 9.17) is 5.11 Å². The first-order valence-electron chi connectivity index (χ1n) is 7.84. The smallest absolute Gasteiger partial charge is 0.317 e. The normalized spacial score (nSPS) is 16.5. The second-order valence-corrected chi connectivity index (χ2v) is 6.34. The lowest BCUT2D eigenvalue weighted by Crippen LogP contribution is -2.43.